The maximum atomic E-state index is 12.2. The van der Waals surface area contributed by atoms with Crippen LogP contribution in [0.4, 0.5) is 5.69 Å². The van der Waals surface area contributed by atoms with Gasteiger partial charge in [-0.3, -0.25) is 4.79 Å². The Kier molecular flexibility index (Phi) is 4.29. The number of aliphatic hydroxyl groups is 1. The van der Waals surface area contributed by atoms with Gasteiger partial charge in [0.2, 0.25) is 5.91 Å². The number of fused-ring (bicyclic) bond motifs is 1. The largest absolute Gasteiger partial charge is 0.423 e. The average molecular weight is 304 g/mol. The number of ether oxygens (including phenoxy) is 1. The minimum Gasteiger partial charge on any atom is -0.423 e. The van der Waals surface area contributed by atoms with E-state index in [1.54, 1.807) is 17.0 Å². The van der Waals surface area contributed by atoms with Crippen LogP contribution in [-0.4, -0.2) is 42.2 Å². The van der Waals surface area contributed by atoms with Crippen LogP contribution in [-0.2, 0) is 9.59 Å². The van der Waals surface area contributed by atoms with Gasteiger partial charge in [-0.05, 0) is 37.8 Å². The van der Waals surface area contributed by atoms with Crippen molar-refractivity contribution in [3.05, 3.63) is 24.3 Å². The number of benzene rings is 1. The maximum Gasteiger partial charge on any atom is 0.331 e. The summed E-state index contributed by atoms with van der Waals surface area (Å²) in [5, 5.41) is 12.5. The topological polar surface area (TPSA) is 78.9 Å². The van der Waals surface area contributed by atoms with E-state index >= 15 is 0 Å². The van der Waals surface area contributed by atoms with Gasteiger partial charge in [0, 0.05) is 6.04 Å². The molecule has 3 rings (SSSR count). The lowest BCUT2D eigenvalue weighted by atomic mass is 9.93. The van der Waals surface area contributed by atoms with Crippen molar-refractivity contribution in [2.45, 2.75) is 37.8 Å². The summed E-state index contributed by atoms with van der Waals surface area (Å²) in [7, 11) is 0. The summed E-state index contributed by atoms with van der Waals surface area (Å²) >= 11 is 0. The number of carbonyl (C=O) groups excluding carboxylic acids is 2. The van der Waals surface area contributed by atoms with E-state index in [1.807, 2.05) is 12.1 Å². The molecule has 1 heterocycles. The first kappa shape index (κ1) is 14.8. The minimum atomic E-state index is -0.354. The standard InChI is InChI=1S/C16H20N2O4/c19-12-7-5-11(6-8-12)17-15(20)9-18-10-16(21)22-14-4-2-1-3-13(14)18/h1-4,11-12,19H,5-10H2,(H,17,20). The summed E-state index contributed by atoms with van der Waals surface area (Å²) in [6.07, 6.45) is 2.81. The number of para-hydroxylation sites is 2. The molecular formula is C16H20N2O4. The second-order valence-corrected chi connectivity index (χ2v) is 5.87. The van der Waals surface area contributed by atoms with E-state index in [2.05, 4.69) is 5.32 Å². The summed E-state index contributed by atoms with van der Waals surface area (Å²) in [6, 6.07) is 7.32. The zero-order valence-electron chi connectivity index (χ0n) is 12.3. The number of nitrogens with one attached hydrogen (secondary N) is 1. The number of carbonyl (C=O) groups is 2. The highest BCUT2D eigenvalue weighted by Gasteiger charge is 2.26. The molecule has 1 aliphatic heterocycles. The van der Waals surface area contributed by atoms with Crippen LogP contribution in [0.15, 0.2) is 24.3 Å². The lowest BCUT2D eigenvalue weighted by Gasteiger charge is -2.31. The van der Waals surface area contributed by atoms with Crippen molar-refractivity contribution >= 4 is 17.6 Å². The first-order valence-electron chi connectivity index (χ1n) is 7.64. The fourth-order valence-corrected chi connectivity index (χ4v) is 3.01. The molecule has 1 aliphatic carbocycles. The molecule has 0 aromatic heterocycles. The Morgan fingerprint density at radius 2 is 2.00 bits per heavy atom. The number of amides is 1. The molecular weight excluding hydrogens is 284 g/mol. The van der Waals surface area contributed by atoms with Gasteiger partial charge in [0.05, 0.1) is 18.3 Å². The average Bonchev–Trinajstić information content (AvgIpc) is 2.49. The number of nitrogens with zero attached hydrogens (tertiary/aromatic N) is 1. The third-order valence-electron chi connectivity index (χ3n) is 4.15. The Morgan fingerprint density at radius 3 is 2.77 bits per heavy atom. The quantitative estimate of drug-likeness (QED) is 0.639. The van der Waals surface area contributed by atoms with Crippen molar-refractivity contribution in [1.29, 1.82) is 0 Å². The Labute approximate surface area is 129 Å². The Bertz CT molecular complexity index is 567. The normalized spacial score (nSPS) is 24.4. The second kappa shape index (κ2) is 6.36. The van der Waals surface area contributed by atoms with E-state index in [4.69, 9.17) is 4.74 Å². The first-order chi connectivity index (χ1) is 10.6. The fourth-order valence-electron chi connectivity index (χ4n) is 3.01. The van der Waals surface area contributed by atoms with E-state index in [1.165, 1.54) is 0 Å². The second-order valence-electron chi connectivity index (χ2n) is 5.87. The number of rotatable bonds is 3. The van der Waals surface area contributed by atoms with Gasteiger partial charge in [-0.15, -0.1) is 0 Å². The predicted octanol–water partition coefficient (Wildman–Crippen LogP) is 0.832. The van der Waals surface area contributed by atoms with E-state index in [9.17, 15) is 14.7 Å². The van der Waals surface area contributed by atoms with Crippen LogP contribution in [0.1, 0.15) is 25.7 Å². The molecule has 118 valence electrons. The molecule has 2 aliphatic rings. The van der Waals surface area contributed by atoms with E-state index in [-0.39, 0.29) is 37.1 Å². The third kappa shape index (κ3) is 3.39. The Morgan fingerprint density at radius 1 is 1.27 bits per heavy atom. The van der Waals surface area contributed by atoms with Gasteiger partial charge in [0.15, 0.2) is 5.75 Å². The van der Waals surface area contributed by atoms with Gasteiger partial charge in [-0.25, -0.2) is 4.79 Å². The molecule has 0 spiro atoms. The number of hydrogen-bond acceptors (Lipinski definition) is 5. The Hall–Kier alpha value is -2.08. The van der Waals surface area contributed by atoms with Gasteiger partial charge < -0.3 is 20.1 Å². The molecule has 1 aromatic rings. The molecule has 6 heteroatoms. The predicted molar refractivity (Wildman–Crippen MR) is 80.7 cm³/mol. The van der Waals surface area contributed by atoms with Crippen molar-refractivity contribution in [2.75, 3.05) is 18.0 Å². The van der Waals surface area contributed by atoms with Crippen LogP contribution in [0.2, 0.25) is 0 Å². The third-order valence-corrected chi connectivity index (χ3v) is 4.15. The van der Waals surface area contributed by atoms with Crippen LogP contribution in [0.5, 0.6) is 5.75 Å². The van der Waals surface area contributed by atoms with Crippen molar-refractivity contribution in [2.24, 2.45) is 0 Å². The van der Waals surface area contributed by atoms with Gasteiger partial charge in [-0.2, -0.15) is 0 Å². The van der Waals surface area contributed by atoms with Crippen molar-refractivity contribution in [1.82, 2.24) is 5.32 Å². The summed E-state index contributed by atoms with van der Waals surface area (Å²) in [5.74, 6) is 0.0329. The van der Waals surface area contributed by atoms with E-state index in [0.29, 0.717) is 5.75 Å². The molecule has 0 bridgehead atoms. The van der Waals surface area contributed by atoms with Crippen molar-refractivity contribution < 1.29 is 19.4 Å². The molecule has 6 nitrogen and oxygen atoms in total. The maximum absolute atomic E-state index is 12.2. The van der Waals surface area contributed by atoms with E-state index < -0.39 is 0 Å². The summed E-state index contributed by atoms with van der Waals surface area (Å²) < 4.78 is 5.17. The molecule has 1 amide bonds. The highest BCUT2D eigenvalue weighted by molar-refractivity contribution is 5.89. The van der Waals surface area contributed by atoms with Gasteiger partial charge in [0.25, 0.3) is 0 Å². The van der Waals surface area contributed by atoms with Crippen LogP contribution >= 0.6 is 0 Å². The summed E-state index contributed by atoms with van der Waals surface area (Å²) in [6.45, 7) is 0.207. The molecule has 0 unspecified atom stereocenters. The lowest BCUT2D eigenvalue weighted by molar-refractivity contribution is -0.133. The van der Waals surface area contributed by atoms with Crippen molar-refractivity contribution in [3.63, 3.8) is 0 Å². The smallest absolute Gasteiger partial charge is 0.331 e. The monoisotopic (exact) mass is 304 g/mol. The number of esters is 1. The van der Waals surface area contributed by atoms with Crippen LogP contribution in [0, 0.1) is 0 Å². The van der Waals surface area contributed by atoms with Crippen molar-refractivity contribution in [3.8, 4) is 5.75 Å². The molecule has 0 radical (unpaired) electrons. The van der Waals surface area contributed by atoms with Crippen LogP contribution < -0.4 is 15.0 Å². The minimum absolute atomic E-state index is 0.0772. The van der Waals surface area contributed by atoms with Gasteiger partial charge in [-0.1, -0.05) is 12.1 Å². The van der Waals surface area contributed by atoms with Crippen LogP contribution in [0.25, 0.3) is 0 Å². The summed E-state index contributed by atoms with van der Waals surface area (Å²) in [5.41, 5.74) is 0.760. The van der Waals surface area contributed by atoms with Crippen LogP contribution in [0.3, 0.4) is 0 Å². The molecule has 2 N–H and O–H groups in total. The van der Waals surface area contributed by atoms with E-state index in [0.717, 1.165) is 31.4 Å². The number of hydrogen-bond donors (Lipinski definition) is 2. The number of anilines is 1. The first-order valence-corrected chi connectivity index (χ1v) is 7.64. The Balaban J connectivity index is 1.61. The lowest BCUT2D eigenvalue weighted by Crippen LogP contribution is -2.46. The molecule has 22 heavy (non-hydrogen) atoms. The fraction of sp³-hybridized carbons (Fsp3) is 0.500. The highest BCUT2D eigenvalue weighted by Crippen LogP contribution is 2.31. The van der Waals surface area contributed by atoms with Gasteiger partial charge in [0.1, 0.15) is 6.54 Å². The number of aliphatic hydroxyl groups excluding tert-OH is 1. The molecule has 1 saturated carbocycles. The molecule has 0 atom stereocenters. The zero-order valence-corrected chi connectivity index (χ0v) is 12.3. The van der Waals surface area contributed by atoms with Gasteiger partial charge >= 0.3 is 5.97 Å². The molecule has 1 fully saturated rings. The zero-order chi connectivity index (χ0) is 15.5. The molecule has 1 aromatic carbocycles. The highest BCUT2D eigenvalue weighted by atomic mass is 16.5. The molecule has 0 saturated heterocycles. The summed E-state index contributed by atoms with van der Waals surface area (Å²) in [4.78, 5) is 25.6. The SMILES string of the molecule is O=C(CN1CC(=O)Oc2ccccc21)NC1CCC(O)CC1.